The van der Waals surface area contributed by atoms with Gasteiger partial charge in [0, 0.05) is 0 Å². The Labute approximate surface area is 767 Å². The third-order valence-electron chi connectivity index (χ3n) is 32.8. The SMILES string of the molecule is CC1=CC(C)([N-]C2([SiH](C)c3ccccc3)CCCCCCCCCCC2)C(C)=C1C.CC1=CC(C)([N-]C2([SiH](C)c3ccccc3)CCCCCCCCCCC2)C(C)=C1C.CC1=CC(C)([N-]C2([SiH](C)c3ccccc3)CCCCCCCCCCC2)C(C)=C1C.CC1=CC(C)([N-]C2([SiH](C)c3ccccc3)CCCCCCCCCCC2)C(C)=C1C.[Ti+4]. The van der Waals surface area contributed by atoms with Gasteiger partial charge in [-0.2, -0.15) is 0 Å². The molecule has 0 radical (unpaired) electrons. The van der Waals surface area contributed by atoms with Crippen molar-refractivity contribution >= 4 is 55.9 Å². The van der Waals surface area contributed by atoms with Crippen LogP contribution in [-0.4, -0.2) is 78.0 Å². The number of nitrogens with zero attached hydrogens (tertiary/aromatic N) is 4. The van der Waals surface area contributed by atoms with Crippen LogP contribution < -0.4 is 20.7 Å². The topological polar surface area (TPSA) is 56.4 Å². The maximum atomic E-state index is 5.91. The number of rotatable bonds is 16. The minimum atomic E-state index is -1.27. The van der Waals surface area contributed by atoms with E-state index in [2.05, 4.69) is 283 Å². The second-order valence-corrected chi connectivity index (χ2v) is 53.8. The molecule has 0 aromatic heterocycles. The fraction of sp³-hybridized carbons (Fsp3) is 0.643. The Morgan fingerprint density at radius 2 is 0.322 bits per heavy atom. The molecule has 121 heavy (non-hydrogen) atoms. The van der Waals surface area contributed by atoms with E-state index in [-0.39, 0.29) is 64.5 Å². The van der Waals surface area contributed by atoms with Crippen molar-refractivity contribution < 1.29 is 21.7 Å². The minimum Gasteiger partial charge on any atom is -0.647 e. The number of allylic oxidation sites excluding steroid dienone is 8. The van der Waals surface area contributed by atoms with Gasteiger partial charge in [-0.05, 0) is 83.1 Å². The summed E-state index contributed by atoms with van der Waals surface area (Å²) in [4.78, 5) is 0. The summed E-state index contributed by atoms with van der Waals surface area (Å²) >= 11 is 0. The maximum absolute atomic E-state index is 5.91. The molecular weight excluding hydrogens is 1560 g/mol. The van der Waals surface area contributed by atoms with Crippen LogP contribution in [0.4, 0.5) is 0 Å². The molecule has 8 aliphatic rings. The van der Waals surface area contributed by atoms with Gasteiger partial charge >= 0.3 is 21.7 Å². The molecule has 0 saturated heterocycles. The van der Waals surface area contributed by atoms with Crippen molar-refractivity contribution in [3.63, 3.8) is 0 Å². The molecule has 0 amide bonds. The molecule has 9 heteroatoms. The van der Waals surface area contributed by atoms with E-state index in [0.717, 1.165) is 0 Å². The molecule has 4 nitrogen and oxygen atoms in total. The van der Waals surface area contributed by atoms with Crippen LogP contribution in [0, 0.1) is 0 Å². The molecular formula is C112H176N4Si4Ti. The first-order valence-electron chi connectivity index (χ1n) is 50.2. The fourth-order valence-corrected chi connectivity index (χ4v) is 35.9. The van der Waals surface area contributed by atoms with Gasteiger partial charge in [0.15, 0.2) is 0 Å². The van der Waals surface area contributed by atoms with E-state index < -0.39 is 35.2 Å². The van der Waals surface area contributed by atoms with Crippen LogP contribution in [0.2, 0.25) is 26.2 Å². The van der Waals surface area contributed by atoms with Crippen molar-refractivity contribution in [1.29, 1.82) is 0 Å². The van der Waals surface area contributed by atoms with Crippen LogP contribution >= 0.6 is 0 Å². The van der Waals surface area contributed by atoms with Crippen LogP contribution in [-0.2, 0) is 21.7 Å². The van der Waals surface area contributed by atoms with Gasteiger partial charge < -0.3 is 21.3 Å². The average molecular weight is 1740 g/mol. The van der Waals surface area contributed by atoms with Crippen molar-refractivity contribution in [3.8, 4) is 0 Å². The third kappa shape index (κ3) is 28.1. The van der Waals surface area contributed by atoms with Gasteiger partial charge in [0.2, 0.25) is 0 Å². The van der Waals surface area contributed by atoms with E-state index >= 15 is 0 Å². The van der Waals surface area contributed by atoms with Crippen LogP contribution in [0.3, 0.4) is 0 Å². The van der Waals surface area contributed by atoms with Gasteiger partial charge in [-0.25, -0.2) is 0 Å². The molecule has 4 fully saturated rings. The molecule has 0 spiro atoms. The summed E-state index contributed by atoms with van der Waals surface area (Å²) in [5, 5.41) is 30.6. The zero-order valence-corrected chi connectivity index (χ0v) is 87.7. The number of benzene rings is 4. The molecule has 8 atom stereocenters. The first kappa shape index (κ1) is 103. The second-order valence-electron chi connectivity index (χ2n) is 41.0. The van der Waals surface area contributed by atoms with Gasteiger partial charge in [-0.15, -0.1) is 20.6 Å². The Balaban J connectivity index is 0.000000200. The average Bonchev–Trinajstić information content (AvgIpc) is 1.64. The van der Waals surface area contributed by atoms with Crippen LogP contribution in [0.5, 0.6) is 0 Å². The summed E-state index contributed by atoms with van der Waals surface area (Å²) < 4.78 is 0. The van der Waals surface area contributed by atoms with Crippen LogP contribution in [0.25, 0.3) is 21.3 Å². The second kappa shape index (κ2) is 49.7. The Kier molecular flexibility index (Phi) is 42.1. The van der Waals surface area contributed by atoms with Crippen molar-refractivity contribution in [2.24, 2.45) is 0 Å². The van der Waals surface area contributed by atoms with Gasteiger partial charge in [0.1, 0.15) is 0 Å². The molecule has 12 rings (SSSR count). The summed E-state index contributed by atoms with van der Waals surface area (Å²) in [6, 6.07) is 45.6. The van der Waals surface area contributed by atoms with E-state index in [9.17, 15) is 0 Å². The van der Waals surface area contributed by atoms with Crippen LogP contribution in [0.1, 0.15) is 393 Å². The Hall–Kier alpha value is -3.78. The van der Waals surface area contributed by atoms with Crippen molar-refractivity contribution in [2.75, 3.05) is 0 Å². The normalized spacial score (nSPS) is 26.9. The first-order chi connectivity index (χ1) is 57.5. The molecule has 4 aromatic rings. The molecule has 0 N–H and O–H groups in total. The zero-order chi connectivity index (χ0) is 86.5. The molecule has 4 aromatic carbocycles. The molecule has 0 heterocycles. The van der Waals surface area contributed by atoms with E-state index in [1.54, 1.807) is 20.7 Å². The minimum absolute atomic E-state index is 0. The van der Waals surface area contributed by atoms with Gasteiger partial charge in [-0.1, -0.05) is 592 Å². The number of hydrogen-bond acceptors (Lipinski definition) is 0. The molecule has 4 saturated carbocycles. The van der Waals surface area contributed by atoms with Crippen molar-refractivity contribution in [2.45, 2.75) is 462 Å². The molecule has 0 bridgehead atoms. The summed E-state index contributed by atoms with van der Waals surface area (Å²) in [5.74, 6) is 0. The van der Waals surface area contributed by atoms with E-state index in [4.69, 9.17) is 21.3 Å². The number of hydrogen-bond donors (Lipinski definition) is 0. The fourth-order valence-electron chi connectivity index (χ4n) is 23.2. The van der Waals surface area contributed by atoms with Gasteiger partial charge in [0.05, 0.1) is 35.2 Å². The largest absolute Gasteiger partial charge is 4.00 e. The standard InChI is InChI=1S/4C28H44NSi.Ti/c4*1-23-22-27(4,25(3)24(23)2)29-28(30(5)26-18-14-13-15-19-26)20-16-11-9-7-6-8-10-12-17-21-28;/h4*13-15,18-19,22,30H,6-12,16-17,20-21H2,1-5H3;/q4*-1;+4. The van der Waals surface area contributed by atoms with E-state index in [1.165, 1.54) is 349 Å². The quantitative estimate of drug-likeness (QED) is 0.100. The predicted octanol–water partition coefficient (Wildman–Crippen LogP) is 31.0. The molecule has 8 aliphatic carbocycles. The van der Waals surface area contributed by atoms with Crippen molar-refractivity contribution in [1.82, 2.24) is 0 Å². The smallest absolute Gasteiger partial charge is 0.647 e. The van der Waals surface area contributed by atoms with Gasteiger partial charge in [0.25, 0.3) is 0 Å². The Morgan fingerprint density at radius 1 is 0.198 bits per heavy atom. The summed E-state index contributed by atoms with van der Waals surface area (Å²) in [7, 11) is -5.09. The van der Waals surface area contributed by atoms with Crippen LogP contribution in [0.15, 0.2) is 213 Å². The van der Waals surface area contributed by atoms with E-state index in [0.29, 0.717) is 0 Å². The molecule has 0 aliphatic heterocycles. The Bertz CT molecular complexity index is 3470. The monoisotopic (exact) mass is 1740 g/mol. The Morgan fingerprint density at radius 3 is 0.438 bits per heavy atom. The molecule has 664 valence electrons. The molecule has 8 unspecified atom stereocenters. The third-order valence-corrected chi connectivity index (χ3v) is 47.6. The first-order valence-corrected chi connectivity index (χ1v) is 59.4. The zero-order valence-electron chi connectivity index (χ0n) is 81.6. The van der Waals surface area contributed by atoms with E-state index in [1.807, 2.05) is 0 Å². The predicted molar refractivity (Wildman–Crippen MR) is 546 cm³/mol. The maximum Gasteiger partial charge on any atom is 4.00 e. The van der Waals surface area contributed by atoms with Gasteiger partial charge in [-0.3, -0.25) is 0 Å². The summed E-state index contributed by atoms with van der Waals surface area (Å²) in [5.41, 5.74) is 16.9. The summed E-state index contributed by atoms with van der Waals surface area (Å²) in [6.07, 6.45) is 70.3. The summed E-state index contributed by atoms with van der Waals surface area (Å²) in [6.45, 7) is 47.4. The van der Waals surface area contributed by atoms with Crippen molar-refractivity contribution in [3.05, 3.63) is 234 Å².